The average Bonchev–Trinajstić information content (AvgIpc) is 2.88. The molecule has 2 aromatic rings. The zero-order chi connectivity index (χ0) is 14.7. The summed E-state index contributed by atoms with van der Waals surface area (Å²) in [7, 11) is -1.65. The lowest BCUT2D eigenvalue weighted by Crippen LogP contribution is -2.29. The van der Waals surface area contributed by atoms with E-state index in [4.69, 9.17) is 10.5 Å². The van der Waals surface area contributed by atoms with Gasteiger partial charge < -0.3 is 20.5 Å². The van der Waals surface area contributed by atoms with Crippen LogP contribution in [-0.4, -0.2) is 45.1 Å². The average molecular weight is 276 g/mol. The van der Waals surface area contributed by atoms with Crippen molar-refractivity contribution in [1.29, 1.82) is 0 Å². The Labute approximate surface area is 114 Å². The van der Waals surface area contributed by atoms with E-state index in [1.807, 2.05) is 0 Å². The Morgan fingerprint density at radius 3 is 2.80 bits per heavy atom. The Morgan fingerprint density at radius 2 is 2.20 bits per heavy atom. The van der Waals surface area contributed by atoms with Gasteiger partial charge in [0.15, 0.2) is 5.69 Å². The third-order valence-electron chi connectivity index (χ3n) is 2.64. The smallest absolute Gasteiger partial charge is 0.488 e. The second-order valence-corrected chi connectivity index (χ2v) is 3.95. The molecule has 1 aromatic carbocycles. The molecule has 1 amide bonds. The summed E-state index contributed by atoms with van der Waals surface area (Å²) in [6.45, 7) is 2.20. The molecule has 9 heteroatoms. The van der Waals surface area contributed by atoms with Crippen LogP contribution in [0.15, 0.2) is 18.2 Å². The number of nitrogens with one attached hydrogen (secondary N) is 1. The van der Waals surface area contributed by atoms with Crippen molar-refractivity contribution in [2.45, 2.75) is 6.92 Å². The van der Waals surface area contributed by atoms with Crippen LogP contribution in [0.1, 0.15) is 17.4 Å². The van der Waals surface area contributed by atoms with E-state index in [2.05, 4.69) is 15.4 Å². The lowest BCUT2D eigenvalue weighted by atomic mass is 9.79. The molecule has 104 valence electrons. The fraction of sp³-hybridized carbons (Fsp3) is 0.182. The summed E-state index contributed by atoms with van der Waals surface area (Å²) in [6.07, 6.45) is 0. The van der Waals surface area contributed by atoms with Crippen molar-refractivity contribution in [3.63, 3.8) is 0 Å². The van der Waals surface area contributed by atoms with Crippen LogP contribution in [0.5, 0.6) is 5.75 Å². The molecule has 2 rings (SSSR count). The Morgan fingerprint density at radius 1 is 1.45 bits per heavy atom. The number of carbonyl (C=O) groups is 1. The molecule has 0 aliphatic heterocycles. The van der Waals surface area contributed by atoms with Crippen molar-refractivity contribution >= 4 is 18.5 Å². The molecular weight excluding hydrogens is 263 g/mol. The SMILES string of the molecule is CCOc1ccc(B(O)O)cc1-c1n[nH]nc1C(N)=O. The summed E-state index contributed by atoms with van der Waals surface area (Å²) in [5.41, 5.74) is 6.01. The van der Waals surface area contributed by atoms with Crippen molar-refractivity contribution in [2.24, 2.45) is 5.73 Å². The zero-order valence-electron chi connectivity index (χ0n) is 10.7. The van der Waals surface area contributed by atoms with Crippen LogP contribution < -0.4 is 15.9 Å². The molecule has 0 aliphatic carbocycles. The number of carbonyl (C=O) groups excluding carboxylic acids is 1. The van der Waals surface area contributed by atoms with Gasteiger partial charge in [-0.25, -0.2) is 0 Å². The Bertz CT molecular complexity index is 629. The third-order valence-corrected chi connectivity index (χ3v) is 2.64. The first kappa shape index (κ1) is 14.0. The van der Waals surface area contributed by atoms with Crippen LogP contribution >= 0.6 is 0 Å². The molecule has 8 nitrogen and oxygen atoms in total. The van der Waals surface area contributed by atoms with Gasteiger partial charge in [-0.2, -0.15) is 15.4 Å². The summed E-state index contributed by atoms with van der Waals surface area (Å²) in [5.74, 6) is -0.306. The van der Waals surface area contributed by atoms with Gasteiger partial charge in [-0.3, -0.25) is 4.79 Å². The summed E-state index contributed by atoms with van der Waals surface area (Å²) < 4.78 is 5.43. The number of aromatic nitrogens is 3. The molecule has 0 unspecified atom stereocenters. The third kappa shape index (κ3) is 2.63. The van der Waals surface area contributed by atoms with E-state index in [1.165, 1.54) is 12.1 Å². The van der Waals surface area contributed by atoms with Gasteiger partial charge in [0.25, 0.3) is 5.91 Å². The number of hydrogen-bond donors (Lipinski definition) is 4. The highest BCUT2D eigenvalue weighted by Crippen LogP contribution is 2.29. The number of hydrogen-bond acceptors (Lipinski definition) is 6. The van der Waals surface area contributed by atoms with Crippen LogP contribution in [0.3, 0.4) is 0 Å². The molecule has 0 aliphatic rings. The first-order chi connectivity index (χ1) is 9.54. The Kier molecular flexibility index (Phi) is 4.01. The number of ether oxygens (including phenoxy) is 1. The van der Waals surface area contributed by atoms with Crippen LogP contribution in [-0.2, 0) is 0 Å². The molecule has 0 atom stereocenters. The normalized spacial score (nSPS) is 10.3. The standard InChI is InChI=1S/C11H13BN4O4/c1-2-20-8-4-3-6(12(18)19)5-7(8)9-10(11(13)17)15-16-14-9/h3-5,18-19H,2H2,1H3,(H2,13,17)(H,14,15,16). The van der Waals surface area contributed by atoms with Gasteiger partial charge in [0.2, 0.25) is 0 Å². The minimum absolute atomic E-state index is 0.0458. The Balaban J connectivity index is 2.59. The number of nitrogens with zero attached hydrogens (tertiary/aromatic N) is 2. The maximum Gasteiger partial charge on any atom is 0.488 e. The molecule has 1 aromatic heterocycles. The van der Waals surface area contributed by atoms with Crippen molar-refractivity contribution in [2.75, 3.05) is 6.61 Å². The topological polar surface area (TPSA) is 134 Å². The number of H-pyrrole nitrogens is 1. The molecule has 0 fully saturated rings. The van der Waals surface area contributed by atoms with Crippen molar-refractivity contribution in [3.8, 4) is 17.0 Å². The number of rotatable bonds is 5. The molecule has 0 spiro atoms. The van der Waals surface area contributed by atoms with E-state index in [0.717, 1.165) is 0 Å². The molecule has 0 radical (unpaired) electrons. The number of primary amides is 1. The molecule has 0 saturated carbocycles. The Hall–Kier alpha value is -2.39. The van der Waals surface area contributed by atoms with Gasteiger partial charge in [0.05, 0.1) is 6.61 Å². The largest absolute Gasteiger partial charge is 0.493 e. The summed E-state index contributed by atoms with van der Waals surface area (Å²) in [6, 6.07) is 4.52. The highest BCUT2D eigenvalue weighted by molar-refractivity contribution is 6.58. The van der Waals surface area contributed by atoms with E-state index < -0.39 is 13.0 Å². The second-order valence-electron chi connectivity index (χ2n) is 3.95. The van der Waals surface area contributed by atoms with E-state index in [0.29, 0.717) is 17.9 Å². The number of amides is 1. The fourth-order valence-corrected chi connectivity index (χ4v) is 1.77. The first-order valence-corrected chi connectivity index (χ1v) is 5.88. The monoisotopic (exact) mass is 276 g/mol. The van der Waals surface area contributed by atoms with E-state index in [-0.39, 0.29) is 16.9 Å². The summed E-state index contributed by atoms with van der Waals surface area (Å²) in [5, 5.41) is 28.3. The molecule has 1 heterocycles. The zero-order valence-corrected chi connectivity index (χ0v) is 10.7. The van der Waals surface area contributed by atoms with Gasteiger partial charge >= 0.3 is 7.12 Å². The predicted molar refractivity (Wildman–Crippen MR) is 71.3 cm³/mol. The molecular formula is C11H13BN4O4. The lowest BCUT2D eigenvalue weighted by Gasteiger charge is -2.10. The fourth-order valence-electron chi connectivity index (χ4n) is 1.77. The van der Waals surface area contributed by atoms with Gasteiger partial charge in [-0.05, 0) is 24.5 Å². The van der Waals surface area contributed by atoms with Crippen molar-refractivity contribution < 1.29 is 19.6 Å². The van der Waals surface area contributed by atoms with Crippen molar-refractivity contribution in [3.05, 3.63) is 23.9 Å². The highest BCUT2D eigenvalue weighted by atomic mass is 16.5. The number of benzene rings is 1. The van der Waals surface area contributed by atoms with E-state index >= 15 is 0 Å². The van der Waals surface area contributed by atoms with Crippen molar-refractivity contribution in [1.82, 2.24) is 15.4 Å². The minimum atomic E-state index is -1.65. The first-order valence-electron chi connectivity index (χ1n) is 5.88. The summed E-state index contributed by atoms with van der Waals surface area (Å²) in [4.78, 5) is 11.3. The van der Waals surface area contributed by atoms with Gasteiger partial charge in [-0.15, -0.1) is 0 Å². The van der Waals surface area contributed by atoms with Gasteiger partial charge in [0, 0.05) is 5.56 Å². The number of aromatic amines is 1. The van der Waals surface area contributed by atoms with Crippen LogP contribution in [0.2, 0.25) is 0 Å². The lowest BCUT2D eigenvalue weighted by molar-refractivity contribution is 0.0996. The van der Waals surface area contributed by atoms with Crippen LogP contribution in [0, 0.1) is 0 Å². The molecule has 20 heavy (non-hydrogen) atoms. The highest BCUT2D eigenvalue weighted by Gasteiger charge is 2.21. The second kappa shape index (κ2) is 5.72. The van der Waals surface area contributed by atoms with Gasteiger partial charge in [0.1, 0.15) is 11.4 Å². The van der Waals surface area contributed by atoms with E-state index in [9.17, 15) is 14.8 Å². The van der Waals surface area contributed by atoms with E-state index in [1.54, 1.807) is 13.0 Å². The quantitative estimate of drug-likeness (QED) is 0.499. The predicted octanol–water partition coefficient (Wildman–Crippen LogP) is -1.35. The number of nitrogens with two attached hydrogens (primary N) is 1. The molecule has 0 bridgehead atoms. The minimum Gasteiger partial charge on any atom is -0.493 e. The maximum absolute atomic E-state index is 11.3. The molecule has 0 saturated heterocycles. The van der Waals surface area contributed by atoms with Crippen LogP contribution in [0.25, 0.3) is 11.3 Å². The molecule has 5 N–H and O–H groups in total. The van der Waals surface area contributed by atoms with Gasteiger partial charge in [-0.1, -0.05) is 6.07 Å². The maximum atomic E-state index is 11.3. The summed E-state index contributed by atoms with van der Waals surface area (Å²) >= 11 is 0. The van der Waals surface area contributed by atoms with Crippen LogP contribution in [0.4, 0.5) is 0 Å².